The topological polar surface area (TPSA) is 88.3 Å². The first-order valence-electron chi connectivity index (χ1n) is 9.18. The van der Waals surface area contributed by atoms with Gasteiger partial charge in [-0.1, -0.05) is 23.7 Å². The average Bonchev–Trinajstić information content (AvgIpc) is 3.09. The monoisotopic (exact) mass is 392 g/mol. The molecule has 0 unspecified atom stereocenters. The van der Waals surface area contributed by atoms with E-state index in [-0.39, 0.29) is 18.2 Å². The van der Waals surface area contributed by atoms with Crippen LogP contribution in [0.15, 0.2) is 22.7 Å². The number of nitrogens with zero attached hydrogens (tertiary/aromatic N) is 3. The Kier molecular flexibility index (Phi) is 7.79. The fourth-order valence-electron chi connectivity index (χ4n) is 2.61. The summed E-state index contributed by atoms with van der Waals surface area (Å²) >= 11 is 6.24. The summed E-state index contributed by atoms with van der Waals surface area (Å²) in [5, 5.41) is 6.94. The van der Waals surface area contributed by atoms with Gasteiger partial charge in [0.1, 0.15) is 0 Å². The molecule has 0 fully saturated rings. The normalized spacial score (nSPS) is 10.7. The summed E-state index contributed by atoms with van der Waals surface area (Å²) < 4.78 is 5.12. The second-order valence-corrected chi connectivity index (χ2v) is 6.48. The van der Waals surface area contributed by atoms with Crippen LogP contribution in [0.3, 0.4) is 0 Å². The molecule has 0 aliphatic rings. The van der Waals surface area contributed by atoms with Gasteiger partial charge in [-0.15, -0.1) is 0 Å². The molecule has 2 amide bonds. The van der Waals surface area contributed by atoms with Gasteiger partial charge < -0.3 is 14.7 Å². The van der Waals surface area contributed by atoms with Gasteiger partial charge in [0.05, 0.1) is 10.6 Å². The maximum atomic E-state index is 12.4. The van der Waals surface area contributed by atoms with Gasteiger partial charge in [-0.05, 0) is 38.5 Å². The van der Waals surface area contributed by atoms with E-state index in [2.05, 4.69) is 15.5 Å². The molecule has 2 aromatic rings. The van der Waals surface area contributed by atoms with Crippen LogP contribution in [0, 0.1) is 0 Å². The molecule has 0 saturated heterocycles. The highest BCUT2D eigenvalue weighted by Crippen LogP contribution is 2.22. The van der Waals surface area contributed by atoms with Crippen molar-refractivity contribution in [2.75, 3.05) is 18.4 Å². The Labute approximate surface area is 164 Å². The number of carbonyl (C=O) groups is 2. The van der Waals surface area contributed by atoms with E-state index < -0.39 is 0 Å². The second kappa shape index (κ2) is 10.1. The van der Waals surface area contributed by atoms with E-state index in [4.69, 9.17) is 16.1 Å². The molecular weight excluding hydrogens is 368 g/mol. The van der Waals surface area contributed by atoms with Gasteiger partial charge in [0.15, 0.2) is 5.82 Å². The third kappa shape index (κ3) is 5.79. The lowest BCUT2D eigenvalue weighted by molar-refractivity contribution is -0.116. The van der Waals surface area contributed by atoms with Crippen LogP contribution >= 0.6 is 11.6 Å². The minimum absolute atomic E-state index is 0.123. The SMILES string of the molecule is CCCc1noc(CCC(=O)Nc2ccc(C(=O)N(CC)CC)c(Cl)c2)n1. The third-order valence-corrected chi connectivity index (χ3v) is 4.40. The largest absolute Gasteiger partial charge is 0.339 e. The van der Waals surface area contributed by atoms with Crippen LogP contribution < -0.4 is 5.32 Å². The lowest BCUT2D eigenvalue weighted by atomic mass is 10.1. The van der Waals surface area contributed by atoms with Crippen LogP contribution in [0.2, 0.25) is 5.02 Å². The molecule has 0 saturated carbocycles. The molecule has 1 N–H and O–H groups in total. The molecule has 2 rings (SSSR count). The maximum Gasteiger partial charge on any atom is 0.255 e. The molecule has 0 radical (unpaired) electrons. The molecule has 0 bridgehead atoms. The molecule has 0 atom stereocenters. The van der Waals surface area contributed by atoms with Gasteiger partial charge in [0, 0.05) is 38.0 Å². The highest BCUT2D eigenvalue weighted by Gasteiger charge is 2.16. The summed E-state index contributed by atoms with van der Waals surface area (Å²) in [6.07, 6.45) is 2.28. The molecule has 146 valence electrons. The van der Waals surface area contributed by atoms with Crippen molar-refractivity contribution in [2.45, 2.75) is 46.5 Å². The third-order valence-electron chi connectivity index (χ3n) is 4.08. The Morgan fingerprint density at radius 3 is 2.56 bits per heavy atom. The summed E-state index contributed by atoms with van der Waals surface area (Å²) in [4.78, 5) is 30.5. The number of hydrogen-bond donors (Lipinski definition) is 1. The fourth-order valence-corrected chi connectivity index (χ4v) is 2.87. The predicted molar refractivity (Wildman–Crippen MR) is 104 cm³/mol. The number of anilines is 1. The Bertz CT molecular complexity index is 787. The molecule has 8 heteroatoms. The summed E-state index contributed by atoms with van der Waals surface area (Å²) in [7, 11) is 0. The number of hydrogen-bond acceptors (Lipinski definition) is 5. The van der Waals surface area contributed by atoms with Crippen molar-refractivity contribution in [3.63, 3.8) is 0 Å². The van der Waals surface area contributed by atoms with Gasteiger partial charge in [-0.3, -0.25) is 9.59 Å². The van der Waals surface area contributed by atoms with Crippen molar-refractivity contribution in [1.29, 1.82) is 0 Å². The van der Waals surface area contributed by atoms with E-state index in [0.717, 1.165) is 12.8 Å². The fraction of sp³-hybridized carbons (Fsp3) is 0.474. The summed E-state index contributed by atoms with van der Waals surface area (Å²) in [6.45, 7) is 7.09. The van der Waals surface area contributed by atoms with Crippen molar-refractivity contribution >= 4 is 29.1 Å². The highest BCUT2D eigenvalue weighted by molar-refractivity contribution is 6.34. The predicted octanol–water partition coefficient (Wildman–Crippen LogP) is 3.73. The van der Waals surface area contributed by atoms with Crippen molar-refractivity contribution in [3.8, 4) is 0 Å². The quantitative estimate of drug-likeness (QED) is 0.702. The molecule has 1 heterocycles. The zero-order valence-electron chi connectivity index (χ0n) is 15.9. The van der Waals surface area contributed by atoms with Gasteiger partial charge in [0.2, 0.25) is 11.8 Å². The van der Waals surface area contributed by atoms with E-state index in [9.17, 15) is 9.59 Å². The van der Waals surface area contributed by atoms with Crippen molar-refractivity contribution in [3.05, 3.63) is 40.5 Å². The minimum atomic E-state index is -0.191. The Morgan fingerprint density at radius 1 is 1.19 bits per heavy atom. The Hall–Kier alpha value is -2.41. The van der Waals surface area contributed by atoms with Gasteiger partial charge in [-0.2, -0.15) is 4.98 Å². The van der Waals surface area contributed by atoms with Gasteiger partial charge in [0.25, 0.3) is 5.91 Å². The van der Waals surface area contributed by atoms with Crippen molar-refractivity contribution in [1.82, 2.24) is 15.0 Å². The summed E-state index contributed by atoms with van der Waals surface area (Å²) in [5.41, 5.74) is 0.964. The number of aryl methyl sites for hydroxylation is 2. The number of nitrogens with one attached hydrogen (secondary N) is 1. The van der Waals surface area contributed by atoms with Crippen molar-refractivity contribution < 1.29 is 14.1 Å². The van der Waals surface area contributed by atoms with Crippen LogP contribution in [-0.4, -0.2) is 39.9 Å². The van der Waals surface area contributed by atoms with E-state index in [1.54, 1.807) is 23.1 Å². The first-order valence-corrected chi connectivity index (χ1v) is 9.56. The second-order valence-electron chi connectivity index (χ2n) is 6.07. The zero-order valence-corrected chi connectivity index (χ0v) is 16.7. The van der Waals surface area contributed by atoms with Gasteiger partial charge >= 0.3 is 0 Å². The Morgan fingerprint density at radius 2 is 1.93 bits per heavy atom. The molecule has 1 aromatic carbocycles. The number of aromatic nitrogens is 2. The number of halogens is 1. The van der Waals surface area contributed by atoms with E-state index >= 15 is 0 Å². The van der Waals surface area contributed by atoms with Crippen LogP contribution in [0.25, 0.3) is 0 Å². The summed E-state index contributed by atoms with van der Waals surface area (Å²) in [6, 6.07) is 4.89. The standard InChI is InChI=1S/C19H25ClN4O3/c1-4-7-16-22-18(27-23-16)11-10-17(25)21-13-8-9-14(15(20)12-13)19(26)24(5-2)6-3/h8-9,12H,4-7,10-11H2,1-3H3,(H,21,25). The number of amides is 2. The lowest BCUT2D eigenvalue weighted by Gasteiger charge is -2.19. The van der Waals surface area contributed by atoms with Crippen LogP contribution in [-0.2, 0) is 17.6 Å². The highest BCUT2D eigenvalue weighted by atomic mass is 35.5. The minimum Gasteiger partial charge on any atom is -0.339 e. The molecule has 0 aliphatic carbocycles. The number of benzene rings is 1. The van der Waals surface area contributed by atoms with E-state index in [1.165, 1.54) is 0 Å². The van der Waals surface area contributed by atoms with Gasteiger partial charge in [-0.25, -0.2) is 0 Å². The first-order chi connectivity index (χ1) is 13.0. The average molecular weight is 393 g/mol. The molecule has 0 spiro atoms. The molecule has 7 nitrogen and oxygen atoms in total. The van der Waals surface area contributed by atoms with Crippen LogP contribution in [0.1, 0.15) is 55.7 Å². The summed E-state index contributed by atoms with van der Waals surface area (Å²) in [5.74, 6) is 0.797. The van der Waals surface area contributed by atoms with E-state index in [1.807, 2.05) is 20.8 Å². The van der Waals surface area contributed by atoms with Crippen LogP contribution in [0.4, 0.5) is 5.69 Å². The number of rotatable bonds is 9. The van der Waals surface area contributed by atoms with E-state index in [0.29, 0.717) is 47.5 Å². The molecule has 0 aliphatic heterocycles. The smallest absolute Gasteiger partial charge is 0.255 e. The van der Waals surface area contributed by atoms with Crippen molar-refractivity contribution in [2.24, 2.45) is 0 Å². The zero-order chi connectivity index (χ0) is 19.8. The molecule has 27 heavy (non-hydrogen) atoms. The molecular formula is C19H25ClN4O3. The lowest BCUT2D eigenvalue weighted by Crippen LogP contribution is -2.30. The van der Waals surface area contributed by atoms with Crippen LogP contribution in [0.5, 0.6) is 0 Å². The first kappa shape index (κ1) is 20.9. The Balaban J connectivity index is 1.93. The number of carbonyl (C=O) groups excluding carboxylic acids is 2. The molecule has 1 aromatic heterocycles. The maximum absolute atomic E-state index is 12.4.